The second-order valence-corrected chi connectivity index (χ2v) is 5.45. The second kappa shape index (κ2) is 5.54. The average Bonchev–Trinajstić information content (AvgIpc) is 2.67. The second-order valence-electron chi connectivity index (χ2n) is 3.80. The van der Waals surface area contributed by atoms with Crippen LogP contribution in [0.25, 0.3) is 0 Å². The topological polar surface area (TPSA) is 62.9 Å². The fraction of sp³-hybridized carbons (Fsp3) is 0.167. The maximum absolute atomic E-state index is 13.7. The zero-order chi connectivity index (χ0) is 14.0. The smallest absolute Gasteiger partial charge is 0.146 e. The van der Waals surface area contributed by atoms with Gasteiger partial charge >= 0.3 is 0 Å². The molecule has 7 heteroatoms. The Hall–Kier alpha value is -1.67. The van der Waals surface area contributed by atoms with Crippen LogP contribution in [0.4, 0.5) is 10.1 Å². The lowest BCUT2D eigenvalue weighted by atomic mass is 10.2. The van der Waals surface area contributed by atoms with E-state index in [9.17, 15) is 4.39 Å². The van der Waals surface area contributed by atoms with Crippen molar-refractivity contribution >= 4 is 30.3 Å². The molecule has 0 spiro atoms. The molecule has 1 unspecified atom stereocenters. The number of nitrogens with zero attached hydrogens (tertiary/aromatic N) is 3. The minimum Gasteiger partial charge on any atom is -0.346 e. The first-order chi connectivity index (χ1) is 9.06. The van der Waals surface area contributed by atoms with E-state index in [1.54, 1.807) is 11.4 Å². The van der Waals surface area contributed by atoms with Crippen LogP contribution in [0.15, 0.2) is 28.8 Å². The van der Waals surface area contributed by atoms with E-state index in [0.717, 1.165) is 0 Å². The summed E-state index contributed by atoms with van der Waals surface area (Å²) >= 11 is 5.57. The SMILES string of the molecule is CN1SC(Nc2cc(C#N)ccc2F)=C(C#N)C1S. The first-order valence-corrected chi connectivity index (χ1v) is 6.55. The third-order valence-electron chi connectivity index (χ3n) is 2.55. The van der Waals surface area contributed by atoms with Gasteiger partial charge in [0.25, 0.3) is 0 Å². The summed E-state index contributed by atoms with van der Waals surface area (Å²) in [7, 11) is 1.79. The van der Waals surface area contributed by atoms with E-state index in [2.05, 4.69) is 24.0 Å². The number of nitriles is 2. The summed E-state index contributed by atoms with van der Waals surface area (Å²) in [6.45, 7) is 0. The maximum atomic E-state index is 13.7. The third-order valence-corrected chi connectivity index (χ3v) is 4.31. The number of anilines is 1. The molecule has 0 aliphatic carbocycles. The number of nitrogens with one attached hydrogen (secondary N) is 1. The van der Waals surface area contributed by atoms with Crippen LogP contribution in [0.5, 0.6) is 0 Å². The van der Waals surface area contributed by atoms with Crippen LogP contribution >= 0.6 is 24.6 Å². The lowest BCUT2D eigenvalue weighted by Crippen LogP contribution is -2.15. The number of halogens is 1. The van der Waals surface area contributed by atoms with Gasteiger partial charge in [0.05, 0.1) is 22.9 Å². The molecule has 1 aromatic rings. The molecule has 2 rings (SSSR count). The van der Waals surface area contributed by atoms with Gasteiger partial charge in [-0.2, -0.15) is 23.2 Å². The molecule has 0 saturated carbocycles. The molecule has 1 aliphatic rings. The van der Waals surface area contributed by atoms with Crippen molar-refractivity contribution in [3.8, 4) is 12.1 Å². The molecule has 1 N–H and O–H groups in total. The van der Waals surface area contributed by atoms with Gasteiger partial charge < -0.3 is 5.32 Å². The molecule has 0 bridgehead atoms. The third kappa shape index (κ3) is 2.69. The van der Waals surface area contributed by atoms with Crippen molar-refractivity contribution in [1.29, 1.82) is 10.5 Å². The van der Waals surface area contributed by atoms with Crippen molar-refractivity contribution in [1.82, 2.24) is 4.31 Å². The summed E-state index contributed by atoms with van der Waals surface area (Å²) in [6.07, 6.45) is 0. The Kier molecular flexibility index (Phi) is 4.01. The Morgan fingerprint density at radius 3 is 2.79 bits per heavy atom. The standard InChI is InChI=1S/C12H9FN4S2/c1-17-12(18)8(6-15)11(19-17)16-10-4-7(5-14)2-3-9(10)13/h2-4,12,16,18H,1H3. The minimum absolute atomic E-state index is 0.171. The Labute approximate surface area is 120 Å². The molecule has 0 aromatic heterocycles. The molecule has 4 nitrogen and oxygen atoms in total. The monoisotopic (exact) mass is 292 g/mol. The summed E-state index contributed by atoms with van der Waals surface area (Å²) in [5, 5.41) is 20.9. The van der Waals surface area contributed by atoms with Crippen LogP contribution in [-0.4, -0.2) is 16.7 Å². The first kappa shape index (κ1) is 13.8. The average molecular weight is 292 g/mol. The molecule has 1 atom stereocenters. The van der Waals surface area contributed by atoms with Gasteiger partial charge in [-0.05, 0) is 37.2 Å². The Morgan fingerprint density at radius 2 is 2.16 bits per heavy atom. The normalized spacial score (nSPS) is 19.1. The Bertz CT molecular complexity index is 630. The Balaban J connectivity index is 2.35. The summed E-state index contributed by atoms with van der Waals surface area (Å²) in [6, 6.07) is 8.02. The van der Waals surface area contributed by atoms with Gasteiger partial charge in [0.2, 0.25) is 0 Å². The van der Waals surface area contributed by atoms with Crippen molar-refractivity contribution in [2.24, 2.45) is 0 Å². The molecule has 19 heavy (non-hydrogen) atoms. The van der Waals surface area contributed by atoms with E-state index >= 15 is 0 Å². The number of likely N-dealkylation sites (N-methyl/N-ethyl adjacent to an activating group) is 1. The lowest BCUT2D eigenvalue weighted by molar-refractivity contribution is 0.604. The van der Waals surface area contributed by atoms with Crippen LogP contribution in [0.2, 0.25) is 0 Å². The molecule has 0 saturated heterocycles. The number of rotatable bonds is 2. The number of hydrogen-bond acceptors (Lipinski definition) is 6. The van der Waals surface area contributed by atoms with E-state index in [1.807, 2.05) is 6.07 Å². The minimum atomic E-state index is -0.477. The van der Waals surface area contributed by atoms with Crippen LogP contribution in [-0.2, 0) is 0 Å². The van der Waals surface area contributed by atoms with Crippen molar-refractivity contribution in [2.75, 3.05) is 12.4 Å². The predicted molar refractivity (Wildman–Crippen MR) is 75.5 cm³/mol. The molecule has 0 radical (unpaired) electrons. The molecule has 1 aromatic carbocycles. The highest BCUT2D eigenvalue weighted by Crippen LogP contribution is 2.38. The quantitative estimate of drug-likeness (QED) is 0.648. The van der Waals surface area contributed by atoms with E-state index in [1.165, 1.54) is 30.1 Å². The summed E-state index contributed by atoms with van der Waals surface area (Å²) < 4.78 is 15.4. The molecular formula is C12H9FN4S2. The zero-order valence-corrected chi connectivity index (χ0v) is 11.6. The molecule has 0 fully saturated rings. The maximum Gasteiger partial charge on any atom is 0.146 e. The summed E-state index contributed by atoms with van der Waals surface area (Å²) in [4.78, 5) is 0. The fourth-order valence-electron chi connectivity index (χ4n) is 1.55. The van der Waals surface area contributed by atoms with Crippen LogP contribution in [0, 0.1) is 28.5 Å². The Morgan fingerprint density at radius 1 is 1.42 bits per heavy atom. The lowest BCUT2D eigenvalue weighted by Gasteiger charge is -2.12. The highest BCUT2D eigenvalue weighted by molar-refractivity contribution is 8.02. The number of benzene rings is 1. The predicted octanol–water partition coefficient (Wildman–Crippen LogP) is 2.69. The molecular weight excluding hydrogens is 283 g/mol. The van der Waals surface area contributed by atoms with Gasteiger partial charge in [0.1, 0.15) is 22.3 Å². The van der Waals surface area contributed by atoms with E-state index < -0.39 is 5.82 Å². The fourth-order valence-corrected chi connectivity index (χ4v) is 2.87. The van der Waals surface area contributed by atoms with E-state index in [4.69, 9.17) is 10.5 Å². The van der Waals surface area contributed by atoms with Crippen molar-refractivity contribution < 1.29 is 4.39 Å². The van der Waals surface area contributed by atoms with Crippen molar-refractivity contribution in [2.45, 2.75) is 5.37 Å². The van der Waals surface area contributed by atoms with E-state index in [0.29, 0.717) is 16.2 Å². The van der Waals surface area contributed by atoms with Gasteiger partial charge in [-0.25, -0.2) is 8.70 Å². The highest BCUT2D eigenvalue weighted by Gasteiger charge is 2.29. The molecule has 96 valence electrons. The van der Waals surface area contributed by atoms with Crippen molar-refractivity contribution in [3.05, 3.63) is 40.2 Å². The van der Waals surface area contributed by atoms with Gasteiger partial charge in [-0.3, -0.25) is 0 Å². The first-order valence-electron chi connectivity index (χ1n) is 5.26. The van der Waals surface area contributed by atoms with Crippen LogP contribution < -0.4 is 5.32 Å². The van der Waals surface area contributed by atoms with Gasteiger partial charge in [-0.1, -0.05) is 0 Å². The summed E-state index contributed by atoms with van der Waals surface area (Å²) in [5.74, 6) is -0.477. The van der Waals surface area contributed by atoms with Gasteiger partial charge in [0.15, 0.2) is 0 Å². The largest absolute Gasteiger partial charge is 0.346 e. The van der Waals surface area contributed by atoms with Gasteiger partial charge in [0, 0.05) is 0 Å². The molecule has 1 aliphatic heterocycles. The summed E-state index contributed by atoms with van der Waals surface area (Å²) in [5.41, 5.74) is 0.949. The zero-order valence-electron chi connectivity index (χ0n) is 9.88. The van der Waals surface area contributed by atoms with Crippen LogP contribution in [0.1, 0.15) is 5.56 Å². The number of thiol groups is 1. The van der Waals surface area contributed by atoms with Crippen molar-refractivity contribution in [3.63, 3.8) is 0 Å². The number of hydrogen-bond donors (Lipinski definition) is 2. The van der Waals surface area contributed by atoms with Crippen LogP contribution in [0.3, 0.4) is 0 Å². The van der Waals surface area contributed by atoms with E-state index in [-0.39, 0.29) is 11.1 Å². The highest BCUT2D eigenvalue weighted by atomic mass is 32.2. The molecule has 0 amide bonds. The molecule has 1 heterocycles. The van der Waals surface area contributed by atoms with Gasteiger partial charge in [-0.15, -0.1) is 0 Å².